The van der Waals surface area contributed by atoms with Crippen LogP contribution in [0.25, 0.3) is 0 Å². The van der Waals surface area contributed by atoms with Crippen LogP contribution in [-0.4, -0.2) is 6.21 Å². The van der Waals surface area contributed by atoms with Gasteiger partial charge in [0.25, 0.3) is 0 Å². The quantitative estimate of drug-likeness (QED) is 0.738. The second-order valence-electron chi connectivity index (χ2n) is 5.40. The molecule has 0 heterocycles. The summed E-state index contributed by atoms with van der Waals surface area (Å²) in [5.74, 6) is 0. The molecule has 0 aromatic heterocycles. The summed E-state index contributed by atoms with van der Waals surface area (Å²) in [6, 6.07) is 20.3. The molecule has 1 aliphatic carbocycles. The van der Waals surface area contributed by atoms with Crippen molar-refractivity contribution >= 4 is 17.6 Å². The fraction of sp³-hybridized carbons (Fsp3) is 0.150. The lowest BCUT2D eigenvalue weighted by Gasteiger charge is -2.12. The average Bonchev–Trinajstić information content (AvgIpc) is 2.60. The van der Waals surface area contributed by atoms with E-state index < -0.39 is 0 Å². The predicted molar refractivity (Wildman–Crippen MR) is 94.7 cm³/mol. The Hall–Kier alpha value is -2.61. The van der Waals surface area contributed by atoms with E-state index in [2.05, 4.69) is 34.7 Å². The molecule has 0 amide bonds. The lowest BCUT2D eigenvalue weighted by Crippen LogP contribution is -1.98. The molecule has 2 aromatic carbocycles. The lowest BCUT2D eigenvalue weighted by molar-refractivity contribution is 0.806. The Labute approximate surface area is 131 Å². The summed E-state index contributed by atoms with van der Waals surface area (Å²) in [4.78, 5) is 4.54. The number of allylic oxidation sites excluding steroid dienone is 3. The van der Waals surface area contributed by atoms with Crippen LogP contribution in [0.4, 0.5) is 11.4 Å². The lowest BCUT2D eigenvalue weighted by atomic mass is 9.96. The summed E-state index contributed by atoms with van der Waals surface area (Å²) in [5.41, 5.74) is 4.73. The predicted octanol–water partition coefficient (Wildman–Crippen LogP) is 5.50. The maximum absolute atomic E-state index is 4.54. The molecule has 110 valence electrons. The first-order valence-electron chi connectivity index (χ1n) is 7.70. The van der Waals surface area contributed by atoms with Gasteiger partial charge >= 0.3 is 0 Å². The highest BCUT2D eigenvalue weighted by atomic mass is 14.8. The maximum Gasteiger partial charge on any atom is 0.0629 e. The molecule has 2 nitrogen and oxygen atoms in total. The summed E-state index contributed by atoms with van der Waals surface area (Å²) in [5, 5.41) is 3.36. The van der Waals surface area contributed by atoms with Gasteiger partial charge in [0.2, 0.25) is 0 Å². The van der Waals surface area contributed by atoms with E-state index in [0.717, 1.165) is 24.2 Å². The number of hydrogen-bond donors (Lipinski definition) is 1. The van der Waals surface area contributed by atoms with Crippen LogP contribution >= 0.6 is 0 Å². The number of rotatable bonds is 4. The van der Waals surface area contributed by atoms with E-state index >= 15 is 0 Å². The highest BCUT2D eigenvalue weighted by molar-refractivity contribution is 5.82. The molecular weight excluding hydrogens is 268 g/mol. The first kappa shape index (κ1) is 14.3. The first-order valence-corrected chi connectivity index (χ1v) is 7.70. The van der Waals surface area contributed by atoms with Gasteiger partial charge in [-0.2, -0.15) is 0 Å². The van der Waals surface area contributed by atoms with E-state index in [1.54, 1.807) is 0 Å². The topological polar surface area (TPSA) is 24.4 Å². The molecular formula is C20H20N2. The van der Waals surface area contributed by atoms with Gasteiger partial charge in [0.1, 0.15) is 0 Å². The van der Waals surface area contributed by atoms with Crippen LogP contribution in [0.5, 0.6) is 0 Å². The minimum absolute atomic E-state index is 1.00. The fourth-order valence-corrected chi connectivity index (χ4v) is 2.48. The van der Waals surface area contributed by atoms with Crippen molar-refractivity contribution in [3.05, 3.63) is 84.1 Å². The Balaban J connectivity index is 1.68. The third-order valence-electron chi connectivity index (χ3n) is 3.64. The first-order chi connectivity index (χ1) is 10.9. The molecule has 3 rings (SSSR count). The molecule has 1 N–H and O–H groups in total. The summed E-state index contributed by atoms with van der Waals surface area (Å²) in [6.07, 6.45) is 9.72. The van der Waals surface area contributed by atoms with Crippen LogP contribution in [0.1, 0.15) is 19.3 Å². The smallest absolute Gasteiger partial charge is 0.0629 e. The SMILES string of the molecule is C(=Nc1ccccc1)C1=CC(=CNc2ccccc2)CCC1. The molecule has 0 bridgehead atoms. The molecule has 22 heavy (non-hydrogen) atoms. The van der Waals surface area contributed by atoms with Gasteiger partial charge in [-0.1, -0.05) is 42.5 Å². The van der Waals surface area contributed by atoms with Crippen molar-refractivity contribution in [3.8, 4) is 0 Å². The van der Waals surface area contributed by atoms with Crippen LogP contribution in [0.3, 0.4) is 0 Å². The van der Waals surface area contributed by atoms with E-state index in [-0.39, 0.29) is 0 Å². The van der Waals surface area contributed by atoms with E-state index in [0.29, 0.717) is 0 Å². The molecule has 0 radical (unpaired) electrons. The van der Waals surface area contributed by atoms with E-state index in [4.69, 9.17) is 0 Å². The minimum atomic E-state index is 1.00. The molecule has 0 saturated heterocycles. The Morgan fingerprint density at radius 2 is 1.59 bits per heavy atom. The zero-order valence-corrected chi connectivity index (χ0v) is 12.6. The molecule has 0 saturated carbocycles. The molecule has 2 aromatic rings. The standard InChI is InChI=1S/C20H20N2/c1-3-10-19(11-4-1)21-15-17-8-7-9-18(14-17)16-22-20-12-5-2-6-13-20/h1-6,10-16,21H,7-9H2. The second-order valence-corrected chi connectivity index (χ2v) is 5.40. The summed E-state index contributed by atoms with van der Waals surface area (Å²) in [7, 11) is 0. The number of aliphatic imine (C=N–C) groups is 1. The second kappa shape index (κ2) is 7.41. The molecule has 0 aliphatic heterocycles. The van der Waals surface area contributed by atoms with Gasteiger partial charge in [0, 0.05) is 18.1 Å². The normalized spacial score (nSPS) is 16.7. The Morgan fingerprint density at radius 1 is 0.864 bits per heavy atom. The number of benzene rings is 2. The Kier molecular flexibility index (Phi) is 4.83. The number of hydrogen-bond acceptors (Lipinski definition) is 2. The molecule has 0 fully saturated rings. The average molecular weight is 288 g/mol. The van der Waals surface area contributed by atoms with Crippen LogP contribution in [0.2, 0.25) is 0 Å². The summed E-state index contributed by atoms with van der Waals surface area (Å²) < 4.78 is 0. The van der Waals surface area contributed by atoms with Crippen molar-refractivity contribution in [2.45, 2.75) is 19.3 Å². The Bertz CT molecular complexity index is 682. The van der Waals surface area contributed by atoms with E-state index in [1.165, 1.54) is 17.6 Å². The molecule has 0 spiro atoms. The van der Waals surface area contributed by atoms with Gasteiger partial charge in [-0.05, 0) is 54.7 Å². The Morgan fingerprint density at radius 3 is 2.36 bits per heavy atom. The minimum Gasteiger partial charge on any atom is -0.361 e. The number of nitrogens with one attached hydrogen (secondary N) is 1. The van der Waals surface area contributed by atoms with Crippen LogP contribution in [-0.2, 0) is 0 Å². The van der Waals surface area contributed by atoms with Crippen molar-refractivity contribution in [1.29, 1.82) is 0 Å². The molecule has 2 heteroatoms. The van der Waals surface area contributed by atoms with Crippen molar-refractivity contribution < 1.29 is 0 Å². The fourth-order valence-electron chi connectivity index (χ4n) is 2.48. The zero-order chi connectivity index (χ0) is 15.0. The summed E-state index contributed by atoms with van der Waals surface area (Å²) >= 11 is 0. The van der Waals surface area contributed by atoms with Crippen LogP contribution in [0, 0.1) is 0 Å². The van der Waals surface area contributed by atoms with Gasteiger partial charge in [0.15, 0.2) is 0 Å². The number of para-hydroxylation sites is 2. The van der Waals surface area contributed by atoms with Crippen molar-refractivity contribution in [2.24, 2.45) is 4.99 Å². The van der Waals surface area contributed by atoms with Crippen molar-refractivity contribution in [2.75, 3.05) is 5.32 Å². The highest BCUT2D eigenvalue weighted by Crippen LogP contribution is 2.22. The van der Waals surface area contributed by atoms with Crippen molar-refractivity contribution in [1.82, 2.24) is 0 Å². The third kappa shape index (κ3) is 4.19. The molecule has 0 atom stereocenters. The van der Waals surface area contributed by atoms with E-state index in [9.17, 15) is 0 Å². The number of anilines is 1. The molecule has 0 unspecified atom stereocenters. The van der Waals surface area contributed by atoms with Gasteiger partial charge in [-0.15, -0.1) is 0 Å². The van der Waals surface area contributed by atoms with Gasteiger partial charge < -0.3 is 5.32 Å². The number of nitrogens with zero attached hydrogens (tertiary/aromatic N) is 1. The van der Waals surface area contributed by atoms with Gasteiger partial charge in [-0.25, -0.2) is 0 Å². The maximum atomic E-state index is 4.54. The third-order valence-corrected chi connectivity index (χ3v) is 3.64. The summed E-state index contributed by atoms with van der Waals surface area (Å²) in [6.45, 7) is 0. The van der Waals surface area contributed by atoms with E-state index in [1.807, 2.05) is 54.7 Å². The van der Waals surface area contributed by atoms with Crippen LogP contribution in [0.15, 0.2) is 89.1 Å². The van der Waals surface area contributed by atoms with Crippen LogP contribution < -0.4 is 5.32 Å². The largest absolute Gasteiger partial charge is 0.361 e. The monoisotopic (exact) mass is 288 g/mol. The zero-order valence-electron chi connectivity index (χ0n) is 12.6. The van der Waals surface area contributed by atoms with Gasteiger partial charge in [0.05, 0.1) is 5.69 Å². The van der Waals surface area contributed by atoms with Gasteiger partial charge in [-0.3, -0.25) is 4.99 Å². The van der Waals surface area contributed by atoms with Crippen molar-refractivity contribution in [3.63, 3.8) is 0 Å². The highest BCUT2D eigenvalue weighted by Gasteiger charge is 2.05. The molecule has 1 aliphatic rings.